The zero-order valence-corrected chi connectivity index (χ0v) is 25.7. The second-order valence-corrected chi connectivity index (χ2v) is 13.5. The number of imidazole rings is 1. The second-order valence-electron chi connectivity index (χ2n) is 13.5. The van der Waals surface area contributed by atoms with E-state index in [2.05, 4.69) is 40.4 Å². The van der Waals surface area contributed by atoms with Crippen molar-refractivity contribution in [3.05, 3.63) is 47.5 Å². The van der Waals surface area contributed by atoms with E-state index in [0.717, 1.165) is 67.7 Å². The van der Waals surface area contributed by atoms with Crippen molar-refractivity contribution in [2.75, 3.05) is 26.7 Å². The summed E-state index contributed by atoms with van der Waals surface area (Å²) in [5.74, 6) is 3.38. The Balaban J connectivity index is 1.30. The summed E-state index contributed by atoms with van der Waals surface area (Å²) in [5.41, 5.74) is 18.4. The fourth-order valence-electron chi connectivity index (χ4n) is 7.65. The zero-order valence-electron chi connectivity index (χ0n) is 25.7. The Kier molecular flexibility index (Phi) is 7.68. The summed E-state index contributed by atoms with van der Waals surface area (Å²) in [6, 6.07) is 13.3. The predicted molar refractivity (Wildman–Crippen MR) is 172 cm³/mol. The van der Waals surface area contributed by atoms with Crippen LogP contribution in [0, 0.1) is 17.8 Å². The summed E-state index contributed by atoms with van der Waals surface area (Å²) < 4.78 is 10.6. The quantitative estimate of drug-likeness (QED) is 0.286. The van der Waals surface area contributed by atoms with Crippen molar-refractivity contribution < 1.29 is 9.53 Å². The van der Waals surface area contributed by atoms with E-state index in [9.17, 15) is 4.79 Å². The zero-order chi connectivity index (χ0) is 29.7. The maximum atomic E-state index is 13.6. The number of hydrogen-bond acceptors (Lipinski definition) is 5. The van der Waals surface area contributed by atoms with Crippen LogP contribution in [0.3, 0.4) is 0 Å². The van der Waals surface area contributed by atoms with Crippen LogP contribution in [-0.4, -0.2) is 57.7 Å². The lowest BCUT2D eigenvalue weighted by atomic mass is 9.82. The highest BCUT2D eigenvalue weighted by atomic mass is 16.5. The summed E-state index contributed by atoms with van der Waals surface area (Å²) in [6.07, 6.45) is 10.4. The number of hydrogen-bond donors (Lipinski definition) is 2. The van der Waals surface area contributed by atoms with Gasteiger partial charge in [0.1, 0.15) is 11.3 Å². The van der Waals surface area contributed by atoms with Crippen molar-refractivity contribution in [3.63, 3.8) is 0 Å². The molecule has 3 aliphatic rings. The maximum absolute atomic E-state index is 13.6. The van der Waals surface area contributed by atoms with Gasteiger partial charge in [-0.2, -0.15) is 0 Å². The van der Waals surface area contributed by atoms with Gasteiger partial charge in [-0.3, -0.25) is 4.79 Å². The van der Waals surface area contributed by atoms with Crippen LogP contribution in [0.25, 0.3) is 33.5 Å². The van der Waals surface area contributed by atoms with E-state index < -0.39 is 0 Å². The molecule has 1 aliphatic heterocycles. The summed E-state index contributed by atoms with van der Waals surface area (Å²) in [4.78, 5) is 20.8. The topological polar surface area (TPSA) is 104 Å². The molecule has 8 nitrogen and oxygen atoms in total. The Morgan fingerprint density at radius 2 is 1.79 bits per heavy atom. The molecule has 0 spiro atoms. The molecule has 7 rings (SSSR count). The van der Waals surface area contributed by atoms with Crippen LogP contribution >= 0.6 is 0 Å². The number of piperidine rings is 1. The number of nitrogens with two attached hydrogens (primary N) is 2. The molecule has 4 aromatic rings. The standard InChI is InChI=1S/C35H46N6O2/c1-39-33-29(16-27(18-31(33)43-2)35(42)40-14-4-5-24(19-36)20-40)38-34(39)30-17-26-7-3-6-25(15-22-10-12-28(37)13-11-22)32(26)41(30)21-23-8-9-23/h3,6-7,16-18,22-24,28H,4-5,8-15,19-21,36-37H2,1-2H3/t22-,24-,28-/m0/s1. The lowest BCUT2D eigenvalue weighted by Crippen LogP contribution is -2.42. The van der Waals surface area contributed by atoms with E-state index in [0.29, 0.717) is 48.2 Å². The van der Waals surface area contributed by atoms with Gasteiger partial charge < -0.3 is 30.2 Å². The number of para-hydroxylation sites is 1. The summed E-state index contributed by atoms with van der Waals surface area (Å²) in [6.45, 7) is 3.09. The SMILES string of the molecule is COc1cc(C(=O)N2CCC[C@@H](CN)C2)cc2nc(-c3cc4cccc(C[C@H]5CC[C@H](N)CC5)c4n3CC3CC3)n(C)c12. The first kappa shape index (κ1) is 28.4. The highest BCUT2D eigenvalue weighted by Crippen LogP contribution is 2.40. The number of likely N-dealkylation sites (tertiary alicyclic amines) is 1. The molecule has 0 radical (unpaired) electrons. The van der Waals surface area contributed by atoms with Gasteiger partial charge in [-0.1, -0.05) is 18.2 Å². The van der Waals surface area contributed by atoms with Crippen molar-refractivity contribution in [3.8, 4) is 17.3 Å². The number of aryl methyl sites for hydroxylation is 1. The van der Waals surface area contributed by atoms with Crippen LogP contribution in [0.15, 0.2) is 36.4 Å². The molecule has 4 N–H and O–H groups in total. The number of carbonyl (C=O) groups excluding carboxylic acids is 1. The number of ether oxygens (including phenoxy) is 1. The number of amides is 1. The van der Waals surface area contributed by atoms with Gasteiger partial charge in [0, 0.05) is 43.7 Å². The van der Waals surface area contributed by atoms with E-state index in [-0.39, 0.29) is 5.91 Å². The molecule has 1 amide bonds. The monoisotopic (exact) mass is 582 g/mol. The van der Waals surface area contributed by atoms with Gasteiger partial charge in [0.05, 0.1) is 23.8 Å². The van der Waals surface area contributed by atoms with Crippen molar-refractivity contribution in [2.24, 2.45) is 36.3 Å². The van der Waals surface area contributed by atoms with Gasteiger partial charge in [0.15, 0.2) is 5.82 Å². The molecule has 8 heteroatoms. The van der Waals surface area contributed by atoms with Crippen LogP contribution in [0.5, 0.6) is 5.75 Å². The second kappa shape index (κ2) is 11.6. The molecule has 2 aromatic heterocycles. The van der Waals surface area contributed by atoms with Crippen molar-refractivity contribution >= 4 is 27.8 Å². The average Bonchev–Trinajstić information content (AvgIpc) is 3.69. The Morgan fingerprint density at radius 3 is 2.53 bits per heavy atom. The van der Waals surface area contributed by atoms with E-state index >= 15 is 0 Å². The molecule has 0 bridgehead atoms. The van der Waals surface area contributed by atoms with Crippen molar-refractivity contribution in [1.29, 1.82) is 0 Å². The molecule has 3 fully saturated rings. The minimum atomic E-state index is 0.0294. The lowest BCUT2D eigenvalue weighted by Gasteiger charge is -2.32. The first-order valence-electron chi connectivity index (χ1n) is 16.3. The fraction of sp³-hybridized carbons (Fsp3) is 0.543. The number of nitrogens with zero attached hydrogens (tertiary/aromatic N) is 4. The third-order valence-electron chi connectivity index (χ3n) is 10.3. The normalized spacial score (nSPS) is 22.9. The van der Waals surface area contributed by atoms with Crippen molar-refractivity contribution in [2.45, 2.75) is 70.4 Å². The van der Waals surface area contributed by atoms with Gasteiger partial charge >= 0.3 is 0 Å². The maximum Gasteiger partial charge on any atom is 0.254 e. The van der Waals surface area contributed by atoms with Gasteiger partial charge in [-0.05, 0) is 106 Å². The smallest absolute Gasteiger partial charge is 0.254 e. The number of fused-ring (bicyclic) bond motifs is 2. The number of benzene rings is 2. The van der Waals surface area contributed by atoms with E-state index in [1.165, 1.54) is 42.1 Å². The van der Waals surface area contributed by atoms with Gasteiger partial charge in [0.25, 0.3) is 5.91 Å². The molecule has 0 unspecified atom stereocenters. The number of methoxy groups -OCH3 is 1. The summed E-state index contributed by atoms with van der Waals surface area (Å²) in [7, 11) is 3.74. The molecule has 2 aliphatic carbocycles. The van der Waals surface area contributed by atoms with E-state index in [1.807, 2.05) is 17.0 Å². The van der Waals surface area contributed by atoms with Crippen LogP contribution in [0.1, 0.15) is 67.3 Å². The highest BCUT2D eigenvalue weighted by Gasteiger charge is 2.29. The third-order valence-corrected chi connectivity index (χ3v) is 10.3. The molecule has 1 saturated heterocycles. The van der Waals surface area contributed by atoms with E-state index in [4.69, 9.17) is 21.2 Å². The fourth-order valence-corrected chi connectivity index (χ4v) is 7.65. The average molecular weight is 583 g/mol. The molecule has 3 heterocycles. The Morgan fingerprint density at radius 1 is 1.00 bits per heavy atom. The Labute approximate surface area is 254 Å². The lowest BCUT2D eigenvalue weighted by molar-refractivity contribution is 0.0678. The van der Waals surface area contributed by atoms with Crippen LogP contribution in [0.2, 0.25) is 0 Å². The molecule has 228 valence electrons. The van der Waals surface area contributed by atoms with Gasteiger partial charge in [-0.25, -0.2) is 4.98 Å². The van der Waals surface area contributed by atoms with Gasteiger partial charge in [0.2, 0.25) is 0 Å². The van der Waals surface area contributed by atoms with Crippen LogP contribution < -0.4 is 16.2 Å². The van der Waals surface area contributed by atoms with Crippen LogP contribution in [0.4, 0.5) is 0 Å². The Bertz CT molecular complexity index is 1640. The minimum absolute atomic E-state index is 0.0294. The van der Waals surface area contributed by atoms with Crippen LogP contribution in [-0.2, 0) is 20.0 Å². The number of carbonyl (C=O) groups is 1. The number of rotatable bonds is 8. The summed E-state index contributed by atoms with van der Waals surface area (Å²) >= 11 is 0. The first-order chi connectivity index (χ1) is 20.9. The van der Waals surface area contributed by atoms with E-state index in [1.54, 1.807) is 7.11 Å². The Hall–Kier alpha value is -3.36. The number of aromatic nitrogens is 3. The highest BCUT2D eigenvalue weighted by molar-refractivity contribution is 6.00. The molecule has 2 aromatic carbocycles. The molecular formula is C35H46N6O2. The van der Waals surface area contributed by atoms with Gasteiger partial charge in [-0.15, -0.1) is 0 Å². The predicted octanol–water partition coefficient (Wildman–Crippen LogP) is 5.48. The first-order valence-corrected chi connectivity index (χ1v) is 16.3. The van der Waals surface area contributed by atoms with Crippen molar-refractivity contribution in [1.82, 2.24) is 19.0 Å². The third kappa shape index (κ3) is 5.44. The summed E-state index contributed by atoms with van der Waals surface area (Å²) in [5, 5.41) is 1.27. The largest absolute Gasteiger partial charge is 0.494 e. The minimum Gasteiger partial charge on any atom is -0.494 e. The molecular weight excluding hydrogens is 536 g/mol. The molecule has 43 heavy (non-hydrogen) atoms. The molecule has 1 atom stereocenters. The molecule has 2 saturated carbocycles.